The average molecular weight is 669 g/mol. The van der Waals surface area contributed by atoms with E-state index in [1.807, 2.05) is 31.2 Å². The van der Waals surface area contributed by atoms with Crippen LogP contribution in [0.4, 0.5) is 26.0 Å². The third-order valence-corrected chi connectivity index (χ3v) is 9.90. The Morgan fingerprint density at radius 3 is 2.09 bits per heavy atom. The molecule has 1 aromatic heterocycles. The molecule has 4 rings (SSSR count). The fourth-order valence-corrected chi connectivity index (χ4v) is 7.15. The van der Waals surface area contributed by atoms with Crippen molar-refractivity contribution in [3.63, 3.8) is 0 Å². The van der Waals surface area contributed by atoms with Crippen molar-refractivity contribution in [2.24, 2.45) is 4.99 Å². The Bertz CT molecular complexity index is 1290. The van der Waals surface area contributed by atoms with Crippen molar-refractivity contribution in [3.05, 3.63) is 40.8 Å². The first kappa shape index (κ1) is 36.7. The number of anilines is 2. The molecule has 0 aliphatic carbocycles. The predicted octanol–water partition coefficient (Wildman–Crippen LogP) is 9.95. The maximum atomic E-state index is 13.7. The van der Waals surface area contributed by atoms with E-state index in [1.165, 1.54) is 88.9 Å². The fraction of sp³-hybridized carbons (Fsp3) is 0.649. The van der Waals surface area contributed by atoms with Crippen molar-refractivity contribution in [1.29, 1.82) is 0 Å². The maximum absolute atomic E-state index is 13.7. The summed E-state index contributed by atoms with van der Waals surface area (Å²) in [6, 6.07) is 9.64. The Hall–Kier alpha value is -3.11. The normalized spacial score (nSPS) is 15.4. The number of amides is 1. The number of hydrogen-bond donors (Lipinski definition) is 0. The first-order valence-corrected chi connectivity index (χ1v) is 18.7. The number of likely N-dealkylation sites (N-methyl/N-ethyl adjacent to an activating group) is 1. The minimum absolute atomic E-state index is 0.293. The van der Waals surface area contributed by atoms with E-state index in [-0.39, 0.29) is 0 Å². The van der Waals surface area contributed by atoms with Crippen LogP contribution in [0.5, 0.6) is 0 Å². The molecule has 1 aromatic carbocycles. The zero-order valence-electron chi connectivity index (χ0n) is 29.1. The van der Waals surface area contributed by atoms with Crippen molar-refractivity contribution < 1.29 is 23.8 Å². The van der Waals surface area contributed by atoms with E-state index < -0.39 is 18.5 Å². The van der Waals surface area contributed by atoms with E-state index in [0.717, 1.165) is 66.7 Å². The van der Waals surface area contributed by atoms with Gasteiger partial charge in [-0.1, -0.05) is 103 Å². The summed E-state index contributed by atoms with van der Waals surface area (Å²) in [6.07, 6.45) is 15.1. The molecule has 2 aromatic rings. The van der Waals surface area contributed by atoms with Gasteiger partial charge in [-0.15, -0.1) is 11.3 Å². The molecule has 0 saturated carbocycles. The molecule has 47 heavy (non-hydrogen) atoms. The van der Waals surface area contributed by atoms with E-state index in [1.54, 1.807) is 4.90 Å². The smallest absolute Gasteiger partial charge is 0.434 e. The van der Waals surface area contributed by atoms with Crippen molar-refractivity contribution in [2.75, 3.05) is 44.7 Å². The van der Waals surface area contributed by atoms with Gasteiger partial charge in [0, 0.05) is 38.0 Å². The highest BCUT2D eigenvalue weighted by Gasteiger charge is 2.34. The number of para-hydroxylation sites is 2. The van der Waals surface area contributed by atoms with E-state index in [0.29, 0.717) is 18.0 Å². The molecule has 1 atom stereocenters. The number of fused-ring (bicyclic) bond motifs is 2. The maximum Gasteiger partial charge on any atom is 0.511 e. The number of aryl methyl sites for hydroxylation is 1. The van der Waals surface area contributed by atoms with Gasteiger partial charge in [0.15, 0.2) is 0 Å². The van der Waals surface area contributed by atoms with Crippen LogP contribution in [0.15, 0.2) is 35.3 Å². The van der Waals surface area contributed by atoms with Crippen LogP contribution >= 0.6 is 11.3 Å². The van der Waals surface area contributed by atoms with Gasteiger partial charge in [0.05, 0.1) is 23.5 Å². The lowest BCUT2D eigenvalue weighted by Crippen LogP contribution is -2.47. The molecule has 2 aliphatic heterocycles. The number of ether oxygens (including phenoxy) is 3. The van der Waals surface area contributed by atoms with Crippen LogP contribution in [0.3, 0.4) is 0 Å². The highest BCUT2D eigenvalue weighted by Crippen LogP contribution is 2.44. The first-order valence-electron chi connectivity index (χ1n) is 17.9. The lowest BCUT2D eigenvalue weighted by Gasteiger charge is -2.34. The molecular formula is C37H56N4O5S. The van der Waals surface area contributed by atoms with Gasteiger partial charge in [-0.2, -0.15) is 0 Å². The number of hydrogen-bond acceptors (Lipinski definition) is 9. The zero-order valence-corrected chi connectivity index (χ0v) is 30.0. The highest BCUT2D eigenvalue weighted by atomic mass is 32.1. The van der Waals surface area contributed by atoms with Crippen molar-refractivity contribution >= 4 is 45.8 Å². The topological polar surface area (TPSA) is 83.9 Å². The van der Waals surface area contributed by atoms with Crippen molar-refractivity contribution in [3.8, 4) is 0 Å². The largest absolute Gasteiger partial charge is 0.511 e. The van der Waals surface area contributed by atoms with Gasteiger partial charge in [-0.25, -0.2) is 19.5 Å². The molecule has 9 nitrogen and oxygen atoms in total. The Morgan fingerprint density at radius 1 is 0.851 bits per heavy atom. The molecule has 0 bridgehead atoms. The number of piperazine rings is 1. The second-order valence-corrected chi connectivity index (χ2v) is 14.1. The van der Waals surface area contributed by atoms with Crippen LogP contribution in [0.2, 0.25) is 0 Å². The molecule has 1 unspecified atom stereocenters. The minimum Gasteiger partial charge on any atom is -0.434 e. The van der Waals surface area contributed by atoms with Gasteiger partial charge in [-0.3, -0.25) is 0 Å². The Morgan fingerprint density at radius 2 is 1.45 bits per heavy atom. The van der Waals surface area contributed by atoms with Crippen LogP contribution in [-0.2, 0) is 14.2 Å². The molecule has 0 spiro atoms. The summed E-state index contributed by atoms with van der Waals surface area (Å²) in [6.45, 7) is 9.69. The average Bonchev–Trinajstić information content (AvgIpc) is 3.37. The fourth-order valence-electron chi connectivity index (χ4n) is 6.14. The van der Waals surface area contributed by atoms with Crippen LogP contribution in [0, 0.1) is 6.92 Å². The molecule has 260 valence electrons. The van der Waals surface area contributed by atoms with Crippen LogP contribution in [-0.4, -0.2) is 74.0 Å². The van der Waals surface area contributed by atoms with Gasteiger partial charge in [-0.05, 0) is 38.6 Å². The number of nitrogens with zero attached hydrogens (tertiary/aromatic N) is 4. The SMILES string of the molecule is CCCCCCCCCCCCCCCCOC(=O)OC(C)OC(=O)N1c2ccccc2N=C(N2CCN(C)CC2)c2cc(C)sc21. The molecule has 1 saturated heterocycles. The predicted molar refractivity (Wildman–Crippen MR) is 192 cm³/mol. The number of unbranched alkanes of at least 4 members (excludes halogenated alkanes) is 13. The number of rotatable bonds is 17. The molecule has 1 amide bonds. The summed E-state index contributed by atoms with van der Waals surface area (Å²) >= 11 is 1.51. The van der Waals surface area contributed by atoms with Gasteiger partial charge in [0.1, 0.15) is 10.8 Å². The van der Waals surface area contributed by atoms with Gasteiger partial charge < -0.3 is 24.0 Å². The number of benzene rings is 1. The number of amidine groups is 1. The van der Waals surface area contributed by atoms with E-state index >= 15 is 0 Å². The van der Waals surface area contributed by atoms with Gasteiger partial charge in [0.2, 0.25) is 6.29 Å². The Labute approximate surface area is 286 Å². The zero-order chi connectivity index (χ0) is 33.4. The summed E-state index contributed by atoms with van der Waals surface area (Å²) in [7, 11) is 2.12. The number of carbonyl (C=O) groups is 2. The molecule has 3 heterocycles. The molecule has 2 aliphatic rings. The molecule has 0 radical (unpaired) electrons. The molecule has 10 heteroatoms. The Balaban J connectivity index is 1.19. The van der Waals surface area contributed by atoms with Crippen LogP contribution in [0.1, 0.15) is 114 Å². The lowest BCUT2D eigenvalue weighted by atomic mass is 10.0. The first-order chi connectivity index (χ1) is 22.9. The molecule has 1 fully saturated rings. The van der Waals surface area contributed by atoms with Gasteiger partial charge >= 0.3 is 12.2 Å². The van der Waals surface area contributed by atoms with E-state index in [9.17, 15) is 9.59 Å². The lowest BCUT2D eigenvalue weighted by molar-refractivity contribution is -0.0723. The van der Waals surface area contributed by atoms with Crippen LogP contribution < -0.4 is 4.90 Å². The summed E-state index contributed by atoms with van der Waals surface area (Å²) in [4.78, 5) is 38.4. The second kappa shape index (κ2) is 19.6. The van der Waals surface area contributed by atoms with Crippen molar-refractivity contribution in [2.45, 2.75) is 117 Å². The number of carbonyl (C=O) groups excluding carboxylic acids is 2. The third-order valence-electron chi connectivity index (χ3n) is 8.86. The van der Waals surface area contributed by atoms with E-state index in [2.05, 4.69) is 29.8 Å². The summed E-state index contributed by atoms with van der Waals surface area (Å²) in [5, 5.41) is 0.739. The van der Waals surface area contributed by atoms with Crippen molar-refractivity contribution in [1.82, 2.24) is 9.80 Å². The quantitative estimate of drug-likeness (QED) is 0.0942. The third kappa shape index (κ3) is 11.5. The minimum atomic E-state index is -1.12. The summed E-state index contributed by atoms with van der Waals surface area (Å²) < 4.78 is 16.2. The molecule has 0 N–H and O–H groups in total. The monoisotopic (exact) mass is 668 g/mol. The number of aliphatic imine (C=N–C) groups is 1. The number of thiophene rings is 1. The summed E-state index contributed by atoms with van der Waals surface area (Å²) in [5.74, 6) is 0.858. The molecular weight excluding hydrogens is 612 g/mol. The van der Waals surface area contributed by atoms with Gasteiger partial charge in [0.25, 0.3) is 0 Å². The standard InChI is InChI=1S/C37H56N4O5S/c1-5-6-7-8-9-10-11-12-13-14-15-16-17-20-27-44-37(43)46-30(3)45-36(42)41-33-22-19-18-21-32(33)38-34(31-28-29(2)47-35(31)41)40-25-23-39(4)24-26-40/h18-19,21-22,28,30H,5-17,20,23-27H2,1-4H3. The Kier molecular flexibility index (Phi) is 15.4. The highest BCUT2D eigenvalue weighted by molar-refractivity contribution is 7.16. The van der Waals surface area contributed by atoms with Crippen LogP contribution in [0.25, 0.3) is 0 Å². The second-order valence-electron chi connectivity index (χ2n) is 12.9. The summed E-state index contributed by atoms with van der Waals surface area (Å²) in [5.41, 5.74) is 2.20. The van der Waals surface area contributed by atoms with E-state index in [4.69, 9.17) is 19.2 Å².